The van der Waals surface area contributed by atoms with E-state index in [-0.39, 0.29) is 15.4 Å². The van der Waals surface area contributed by atoms with E-state index in [1.54, 1.807) is 17.5 Å². The Morgan fingerprint density at radius 3 is 2.71 bits per heavy atom. The Morgan fingerprint density at radius 1 is 1.41 bits per heavy atom. The monoisotopic (exact) mass is 289 g/mol. The molecule has 2 heterocycles. The maximum Gasteiger partial charge on any atom is 0.267 e. The van der Waals surface area contributed by atoms with Gasteiger partial charge in [-0.05, 0) is 11.4 Å². The molecule has 0 bridgehead atoms. The second-order valence-corrected chi connectivity index (χ2v) is 7.19. The number of nitrogens with zero attached hydrogens (tertiary/aromatic N) is 2. The van der Waals surface area contributed by atoms with Gasteiger partial charge in [-0.3, -0.25) is 10.1 Å². The van der Waals surface area contributed by atoms with Gasteiger partial charge in [-0.1, -0.05) is 17.4 Å². The molecule has 2 rings (SSSR count). The zero-order chi connectivity index (χ0) is 12.5. The number of rotatable bonds is 3. The van der Waals surface area contributed by atoms with Gasteiger partial charge in [0.1, 0.15) is 0 Å². The molecular formula is C8H7N3O3S3. The van der Waals surface area contributed by atoms with Crippen molar-refractivity contribution >= 4 is 43.5 Å². The summed E-state index contributed by atoms with van der Waals surface area (Å²) >= 11 is 2.12. The van der Waals surface area contributed by atoms with Gasteiger partial charge < -0.3 is 0 Å². The predicted octanol–water partition coefficient (Wildman–Crippen LogP) is 1.26. The Morgan fingerprint density at radius 2 is 2.18 bits per heavy atom. The minimum absolute atomic E-state index is 0.112. The van der Waals surface area contributed by atoms with E-state index in [2.05, 4.69) is 15.5 Å². The first-order valence-corrected chi connectivity index (χ1v) is 7.94. The molecule has 0 aromatic carbocycles. The van der Waals surface area contributed by atoms with E-state index in [1.165, 1.54) is 11.3 Å². The topological polar surface area (TPSA) is 89.0 Å². The van der Waals surface area contributed by atoms with Crippen molar-refractivity contribution in [3.63, 3.8) is 0 Å². The average Bonchev–Trinajstić information content (AvgIpc) is 2.85. The van der Waals surface area contributed by atoms with Crippen LogP contribution < -0.4 is 5.32 Å². The van der Waals surface area contributed by atoms with Crippen LogP contribution in [0.5, 0.6) is 0 Å². The lowest BCUT2D eigenvalue weighted by Gasteiger charge is -1.95. The molecule has 1 N–H and O–H groups in total. The number of thiophene rings is 1. The summed E-state index contributed by atoms with van der Waals surface area (Å²) in [4.78, 5) is 12.2. The minimum atomic E-state index is -3.38. The van der Waals surface area contributed by atoms with Crippen LogP contribution in [0.2, 0.25) is 0 Å². The smallest absolute Gasteiger partial charge is 0.267 e. The van der Waals surface area contributed by atoms with E-state index in [9.17, 15) is 13.2 Å². The van der Waals surface area contributed by atoms with Gasteiger partial charge in [0.25, 0.3) is 5.91 Å². The van der Waals surface area contributed by atoms with E-state index in [1.807, 2.05) is 0 Å². The molecule has 0 spiro atoms. The lowest BCUT2D eigenvalue weighted by atomic mass is 10.4. The van der Waals surface area contributed by atoms with Crippen LogP contribution in [0.25, 0.3) is 0 Å². The number of nitrogens with one attached hydrogen (secondary N) is 1. The molecule has 2 aromatic rings. The van der Waals surface area contributed by atoms with Gasteiger partial charge in [-0.25, -0.2) is 8.42 Å². The number of hydrogen-bond acceptors (Lipinski definition) is 7. The van der Waals surface area contributed by atoms with Crippen LogP contribution >= 0.6 is 22.7 Å². The van der Waals surface area contributed by atoms with Crippen LogP contribution in [0.4, 0.5) is 5.13 Å². The Balaban J connectivity index is 2.15. The normalized spacial score (nSPS) is 11.4. The van der Waals surface area contributed by atoms with E-state index < -0.39 is 9.84 Å². The van der Waals surface area contributed by atoms with Crippen LogP contribution in [0.3, 0.4) is 0 Å². The van der Waals surface area contributed by atoms with Gasteiger partial charge in [-0.2, -0.15) is 0 Å². The zero-order valence-corrected chi connectivity index (χ0v) is 11.0. The number of sulfone groups is 1. The van der Waals surface area contributed by atoms with E-state index in [0.29, 0.717) is 4.88 Å². The molecule has 0 fully saturated rings. The fourth-order valence-corrected chi connectivity index (χ4v) is 3.10. The lowest BCUT2D eigenvalue weighted by molar-refractivity contribution is 0.103. The van der Waals surface area contributed by atoms with Crippen molar-refractivity contribution in [2.24, 2.45) is 0 Å². The van der Waals surface area contributed by atoms with E-state index in [0.717, 1.165) is 17.6 Å². The number of hydrogen-bond donors (Lipinski definition) is 1. The maximum absolute atomic E-state index is 11.6. The van der Waals surface area contributed by atoms with E-state index >= 15 is 0 Å². The highest BCUT2D eigenvalue weighted by Crippen LogP contribution is 2.20. The third-order valence-electron chi connectivity index (χ3n) is 1.69. The molecule has 0 aliphatic heterocycles. The Bertz CT molecular complexity index is 630. The molecule has 0 aliphatic carbocycles. The molecule has 2 aromatic heterocycles. The minimum Gasteiger partial charge on any atom is -0.296 e. The molecule has 90 valence electrons. The lowest BCUT2D eigenvalue weighted by Crippen LogP contribution is -2.09. The Hall–Kier alpha value is -1.32. The maximum atomic E-state index is 11.6. The second-order valence-electron chi connectivity index (χ2n) is 3.08. The van der Waals surface area contributed by atoms with Crippen LogP contribution in [0.1, 0.15) is 9.67 Å². The van der Waals surface area contributed by atoms with Gasteiger partial charge in [0.05, 0.1) is 4.88 Å². The van der Waals surface area contributed by atoms with Gasteiger partial charge >= 0.3 is 0 Å². The van der Waals surface area contributed by atoms with E-state index in [4.69, 9.17) is 0 Å². The molecular weight excluding hydrogens is 282 g/mol. The van der Waals surface area contributed by atoms with Crippen molar-refractivity contribution < 1.29 is 13.2 Å². The highest BCUT2D eigenvalue weighted by atomic mass is 32.2. The third kappa shape index (κ3) is 2.87. The molecule has 0 radical (unpaired) electrons. The summed E-state index contributed by atoms with van der Waals surface area (Å²) in [7, 11) is -3.38. The van der Waals surface area contributed by atoms with Gasteiger partial charge in [0.2, 0.25) is 19.3 Å². The first kappa shape index (κ1) is 12.1. The van der Waals surface area contributed by atoms with Gasteiger partial charge in [0, 0.05) is 6.26 Å². The van der Waals surface area contributed by atoms with Crippen LogP contribution in [0, 0.1) is 0 Å². The highest BCUT2D eigenvalue weighted by molar-refractivity contribution is 7.92. The molecule has 0 atom stereocenters. The summed E-state index contributed by atoms with van der Waals surface area (Å²) in [5.74, 6) is -0.323. The fourth-order valence-electron chi connectivity index (χ4n) is 0.977. The first-order chi connectivity index (χ1) is 7.97. The average molecular weight is 289 g/mol. The molecule has 9 heteroatoms. The number of carbonyl (C=O) groups is 1. The summed E-state index contributed by atoms with van der Waals surface area (Å²) < 4.78 is 22.2. The molecule has 0 saturated heterocycles. The first-order valence-electron chi connectivity index (χ1n) is 4.35. The SMILES string of the molecule is CS(=O)(=O)c1nnc(NC(=O)c2cccs2)s1. The van der Waals surface area contributed by atoms with Crippen molar-refractivity contribution in [1.29, 1.82) is 0 Å². The standard InChI is InChI=1S/C8H7N3O3S3/c1-17(13,14)8-11-10-7(16-8)9-6(12)5-3-2-4-15-5/h2-4H,1H3,(H,9,10,12). The highest BCUT2D eigenvalue weighted by Gasteiger charge is 2.16. The Kier molecular flexibility index (Phi) is 3.22. The number of aromatic nitrogens is 2. The van der Waals surface area contributed by atoms with Crippen molar-refractivity contribution in [1.82, 2.24) is 10.2 Å². The zero-order valence-electron chi connectivity index (χ0n) is 8.58. The molecule has 17 heavy (non-hydrogen) atoms. The molecule has 0 saturated carbocycles. The molecule has 1 amide bonds. The summed E-state index contributed by atoms with van der Waals surface area (Å²) in [5.41, 5.74) is 0. The van der Waals surface area contributed by atoms with Crippen molar-refractivity contribution in [2.45, 2.75) is 4.34 Å². The second kappa shape index (κ2) is 4.51. The van der Waals surface area contributed by atoms with Gasteiger partial charge in [-0.15, -0.1) is 21.5 Å². The molecule has 0 aliphatic rings. The fraction of sp³-hybridized carbons (Fsp3) is 0.125. The molecule has 0 unspecified atom stereocenters. The van der Waals surface area contributed by atoms with Crippen LogP contribution in [0.15, 0.2) is 21.9 Å². The predicted molar refractivity (Wildman–Crippen MR) is 65.3 cm³/mol. The third-order valence-corrected chi connectivity index (χ3v) is 5.07. The number of amides is 1. The quantitative estimate of drug-likeness (QED) is 0.859. The largest absolute Gasteiger partial charge is 0.296 e. The number of carbonyl (C=O) groups excluding carboxylic acids is 1. The Labute approximate surface area is 105 Å². The van der Waals surface area contributed by atoms with Crippen LogP contribution in [-0.4, -0.2) is 30.8 Å². The van der Waals surface area contributed by atoms with Crippen molar-refractivity contribution in [3.8, 4) is 0 Å². The summed E-state index contributed by atoms with van der Waals surface area (Å²) in [6.07, 6.45) is 1.04. The van der Waals surface area contributed by atoms with Crippen molar-refractivity contribution in [3.05, 3.63) is 22.4 Å². The summed E-state index contributed by atoms with van der Waals surface area (Å²) in [5, 5.41) is 11.5. The van der Waals surface area contributed by atoms with Crippen LogP contribution in [-0.2, 0) is 9.84 Å². The van der Waals surface area contributed by atoms with Crippen molar-refractivity contribution in [2.75, 3.05) is 11.6 Å². The van der Waals surface area contributed by atoms with Gasteiger partial charge in [0.15, 0.2) is 0 Å². The summed E-state index contributed by atoms with van der Waals surface area (Å²) in [6, 6.07) is 3.42. The summed E-state index contributed by atoms with van der Waals surface area (Å²) in [6.45, 7) is 0. The molecule has 6 nitrogen and oxygen atoms in total. The number of anilines is 1.